The van der Waals surface area contributed by atoms with E-state index in [4.69, 9.17) is 11.6 Å². The van der Waals surface area contributed by atoms with Gasteiger partial charge in [-0.1, -0.05) is 69.7 Å². The zero-order valence-corrected chi connectivity index (χ0v) is 16.5. The van der Waals surface area contributed by atoms with Gasteiger partial charge in [-0.25, -0.2) is 9.50 Å². The van der Waals surface area contributed by atoms with Gasteiger partial charge in [0.1, 0.15) is 11.4 Å². The number of benzene rings is 1. The molecule has 0 bridgehead atoms. The molecule has 0 unspecified atom stereocenters. The lowest BCUT2D eigenvalue weighted by atomic mass is 10.0. The molecule has 1 aliphatic rings. The van der Waals surface area contributed by atoms with Gasteiger partial charge < -0.3 is 0 Å². The number of halogens is 1. The van der Waals surface area contributed by atoms with Crippen LogP contribution in [0.25, 0.3) is 16.9 Å². The summed E-state index contributed by atoms with van der Waals surface area (Å²) in [6.07, 6.45) is 8.91. The average molecular weight is 372 g/mol. The Labute approximate surface area is 160 Å². The summed E-state index contributed by atoms with van der Waals surface area (Å²) in [6, 6.07) is 10.9. The second kappa shape index (κ2) is 10.1. The molecule has 2 aromatic heterocycles. The van der Waals surface area contributed by atoms with Crippen molar-refractivity contribution in [3.8, 4) is 11.3 Å². The minimum Gasteiger partial charge on any atom is -0.293 e. The fraction of sp³-hybridized carbons (Fsp3) is 0.381. The maximum absolute atomic E-state index is 11.7. The number of carbonyl (C=O) groups is 1. The number of hydrogen-bond donors (Lipinski definition) is 0. The third-order valence-electron chi connectivity index (χ3n) is 3.84. The van der Waals surface area contributed by atoms with E-state index >= 15 is 0 Å². The number of nitrogens with zero attached hydrogens (tertiary/aromatic N) is 3. The molecule has 2 heterocycles. The van der Waals surface area contributed by atoms with Crippen molar-refractivity contribution in [1.82, 2.24) is 14.6 Å². The molecule has 0 radical (unpaired) electrons. The normalized spacial score (nSPS) is 12.3. The molecule has 0 saturated heterocycles. The number of aromatic nitrogens is 3. The van der Waals surface area contributed by atoms with Crippen molar-refractivity contribution >= 4 is 23.0 Å². The number of imidazole rings is 1. The standard InChI is InChI=1S/C14H10ClN3O.C4H8.C3H8/c1-9(19)13-14(10-4-6-11(15)7-5-10)18-12(17-13)3-2-8-16-18;1-2-4-3-1;1-3-2/h2-8H,1H3;1-4H2;3H2,1-2H3. The summed E-state index contributed by atoms with van der Waals surface area (Å²) in [7, 11) is 0. The van der Waals surface area contributed by atoms with E-state index in [0.717, 1.165) is 5.56 Å². The molecule has 26 heavy (non-hydrogen) atoms. The van der Waals surface area contributed by atoms with Crippen molar-refractivity contribution < 1.29 is 4.79 Å². The Hall–Kier alpha value is -2.20. The van der Waals surface area contributed by atoms with Gasteiger partial charge in [-0.3, -0.25) is 4.79 Å². The highest BCUT2D eigenvalue weighted by Gasteiger charge is 2.17. The predicted molar refractivity (Wildman–Crippen MR) is 108 cm³/mol. The quantitative estimate of drug-likeness (QED) is 0.501. The summed E-state index contributed by atoms with van der Waals surface area (Å²) in [5.41, 5.74) is 2.62. The summed E-state index contributed by atoms with van der Waals surface area (Å²) in [4.78, 5) is 16.1. The molecule has 0 N–H and O–H groups in total. The third kappa shape index (κ3) is 5.15. The molecule has 0 atom stereocenters. The number of carbonyl (C=O) groups excluding carboxylic acids is 1. The van der Waals surface area contributed by atoms with Crippen LogP contribution in [0.2, 0.25) is 5.02 Å². The van der Waals surface area contributed by atoms with Crippen LogP contribution in [0.15, 0.2) is 42.6 Å². The van der Waals surface area contributed by atoms with E-state index in [9.17, 15) is 4.79 Å². The van der Waals surface area contributed by atoms with Crippen molar-refractivity contribution in [2.45, 2.75) is 52.9 Å². The van der Waals surface area contributed by atoms with E-state index in [1.54, 1.807) is 28.9 Å². The molecule has 1 saturated carbocycles. The highest BCUT2D eigenvalue weighted by atomic mass is 35.5. The second-order valence-corrected chi connectivity index (χ2v) is 6.72. The molecule has 0 amide bonds. The van der Waals surface area contributed by atoms with Crippen molar-refractivity contribution in [3.63, 3.8) is 0 Å². The van der Waals surface area contributed by atoms with Crippen molar-refractivity contribution in [2.24, 2.45) is 0 Å². The van der Waals surface area contributed by atoms with Crippen LogP contribution in [-0.4, -0.2) is 20.4 Å². The highest BCUT2D eigenvalue weighted by molar-refractivity contribution is 6.30. The van der Waals surface area contributed by atoms with Gasteiger partial charge in [0.05, 0.1) is 0 Å². The summed E-state index contributed by atoms with van der Waals surface area (Å²) in [5, 5.41) is 4.90. The molecule has 0 aliphatic heterocycles. The Morgan fingerprint density at radius 2 is 1.65 bits per heavy atom. The first-order valence-electron chi connectivity index (χ1n) is 9.19. The Morgan fingerprint density at radius 3 is 2.15 bits per heavy atom. The molecule has 138 valence electrons. The first-order valence-corrected chi connectivity index (χ1v) is 9.56. The molecule has 3 aromatic rings. The molecule has 5 heteroatoms. The maximum atomic E-state index is 11.7. The zero-order valence-electron chi connectivity index (χ0n) is 15.7. The third-order valence-corrected chi connectivity index (χ3v) is 4.10. The lowest BCUT2D eigenvalue weighted by molar-refractivity contribution is 0.101. The van der Waals surface area contributed by atoms with Crippen molar-refractivity contribution in [2.75, 3.05) is 0 Å². The van der Waals surface area contributed by atoms with Crippen LogP contribution >= 0.6 is 11.6 Å². The van der Waals surface area contributed by atoms with E-state index in [1.807, 2.05) is 18.2 Å². The van der Waals surface area contributed by atoms with Gasteiger partial charge in [-0.15, -0.1) is 0 Å². The van der Waals surface area contributed by atoms with E-state index in [1.165, 1.54) is 39.0 Å². The SMILES string of the molecule is C1CCC1.CC(=O)c1nc2cccnn2c1-c1ccc(Cl)cc1.CCC. The minimum atomic E-state index is -0.0875. The Balaban J connectivity index is 0.000000294. The van der Waals surface area contributed by atoms with E-state index in [0.29, 0.717) is 22.1 Å². The van der Waals surface area contributed by atoms with Crippen molar-refractivity contribution in [3.05, 3.63) is 53.3 Å². The molecule has 4 rings (SSSR count). The van der Waals surface area contributed by atoms with E-state index < -0.39 is 0 Å². The van der Waals surface area contributed by atoms with Crippen LogP contribution in [-0.2, 0) is 0 Å². The minimum absolute atomic E-state index is 0.0875. The topological polar surface area (TPSA) is 47.3 Å². The van der Waals surface area contributed by atoms with Crippen LogP contribution in [0, 0.1) is 0 Å². The molecule has 4 nitrogen and oxygen atoms in total. The summed E-state index contributed by atoms with van der Waals surface area (Å²) < 4.78 is 1.67. The molecule has 0 spiro atoms. The number of rotatable bonds is 2. The molecular weight excluding hydrogens is 346 g/mol. The smallest absolute Gasteiger partial charge is 0.180 e. The largest absolute Gasteiger partial charge is 0.293 e. The first-order chi connectivity index (χ1) is 12.6. The molecule has 1 aliphatic carbocycles. The fourth-order valence-corrected chi connectivity index (χ4v) is 2.38. The molecular formula is C21H26ClN3O. The van der Waals surface area contributed by atoms with Gasteiger partial charge in [0.25, 0.3) is 0 Å². The fourth-order valence-electron chi connectivity index (χ4n) is 2.25. The summed E-state index contributed by atoms with van der Waals surface area (Å²) >= 11 is 5.89. The Bertz CT molecular complexity index is 832. The zero-order chi connectivity index (χ0) is 18.9. The van der Waals surface area contributed by atoms with Gasteiger partial charge >= 0.3 is 0 Å². The molecule has 1 fully saturated rings. The Kier molecular flexibility index (Phi) is 7.79. The average Bonchev–Trinajstić information content (AvgIpc) is 2.95. The summed E-state index contributed by atoms with van der Waals surface area (Å²) in [5.74, 6) is -0.0875. The number of Topliss-reactive ketones (excluding diaryl/α,β-unsaturated/α-hetero) is 1. The number of ketones is 1. The van der Waals surface area contributed by atoms with Crippen LogP contribution in [0.4, 0.5) is 0 Å². The van der Waals surface area contributed by atoms with E-state index in [2.05, 4.69) is 23.9 Å². The summed E-state index contributed by atoms with van der Waals surface area (Å²) in [6.45, 7) is 5.75. The first kappa shape index (κ1) is 20.1. The number of hydrogen-bond acceptors (Lipinski definition) is 3. The van der Waals surface area contributed by atoms with Crippen LogP contribution in [0.3, 0.4) is 0 Å². The second-order valence-electron chi connectivity index (χ2n) is 6.29. The maximum Gasteiger partial charge on any atom is 0.180 e. The van der Waals surface area contributed by atoms with Gasteiger partial charge in [0.15, 0.2) is 11.4 Å². The van der Waals surface area contributed by atoms with Crippen LogP contribution < -0.4 is 0 Å². The van der Waals surface area contributed by atoms with Gasteiger partial charge in [-0.05, 0) is 24.3 Å². The monoisotopic (exact) mass is 371 g/mol. The molecule has 1 aromatic carbocycles. The number of fused-ring (bicyclic) bond motifs is 1. The van der Waals surface area contributed by atoms with Crippen molar-refractivity contribution in [1.29, 1.82) is 0 Å². The lowest BCUT2D eigenvalue weighted by Gasteiger charge is -2.05. The Morgan fingerprint density at radius 1 is 1.08 bits per heavy atom. The van der Waals surface area contributed by atoms with Gasteiger partial charge in [0.2, 0.25) is 0 Å². The van der Waals surface area contributed by atoms with Crippen LogP contribution in [0.1, 0.15) is 63.4 Å². The highest BCUT2D eigenvalue weighted by Crippen LogP contribution is 2.26. The van der Waals surface area contributed by atoms with Crippen LogP contribution in [0.5, 0.6) is 0 Å². The predicted octanol–water partition coefficient (Wildman–Crippen LogP) is 6.23. The lowest BCUT2D eigenvalue weighted by Crippen LogP contribution is -1.98. The van der Waals surface area contributed by atoms with Gasteiger partial charge in [0, 0.05) is 23.7 Å². The van der Waals surface area contributed by atoms with Gasteiger partial charge in [-0.2, -0.15) is 5.10 Å². The van der Waals surface area contributed by atoms with E-state index in [-0.39, 0.29) is 5.78 Å².